The first kappa shape index (κ1) is 28.2. The van der Waals surface area contributed by atoms with E-state index in [9.17, 15) is 27.2 Å². The van der Waals surface area contributed by atoms with Gasteiger partial charge >= 0.3 is 6.18 Å². The van der Waals surface area contributed by atoms with Crippen molar-refractivity contribution in [2.24, 2.45) is 5.92 Å². The summed E-state index contributed by atoms with van der Waals surface area (Å²) in [5.74, 6) is -2.66. The Kier molecular flexibility index (Phi) is 8.18. The predicted molar refractivity (Wildman–Crippen MR) is 155 cm³/mol. The van der Waals surface area contributed by atoms with Crippen molar-refractivity contribution in [1.82, 2.24) is 4.90 Å². The number of benzene rings is 3. The standard InChI is InChI=1S/C33H35F4N3O2/c1-20-12-15-25(19-27(20)33(35,36)37)39-31(41)26-10-6-18-40(32(42)29-21(2)7-5-11-28(29)34)30(26)22-13-16-24(17-14-22)38-23-8-3-4-9-23/h5,7,11-17,19,23,26,30,38H,3-4,6,8-10,18H2,1-2H3,(H,39,41)/t26-,30-/m0/s1/i16D. The van der Waals surface area contributed by atoms with E-state index in [0.29, 0.717) is 29.7 Å². The number of anilines is 2. The van der Waals surface area contributed by atoms with Crippen LogP contribution in [0.15, 0.2) is 60.6 Å². The number of amides is 2. The van der Waals surface area contributed by atoms with Crippen molar-refractivity contribution < 1.29 is 28.5 Å². The highest BCUT2D eigenvalue weighted by molar-refractivity contribution is 5.98. The van der Waals surface area contributed by atoms with Gasteiger partial charge in [-0.1, -0.05) is 43.2 Å². The number of nitrogens with zero attached hydrogens (tertiary/aromatic N) is 1. The lowest BCUT2D eigenvalue weighted by Crippen LogP contribution is -2.46. The van der Waals surface area contributed by atoms with E-state index in [4.69, 9.17) is 1.37 Å². The SMILES string of the molecule is [2H]c1cc([C@H]2[C@@H](C(=O)Nc3ccc(C)c(C(F)(F)F)c3)CCCN2C(=O)c2c(C)cccc2F)ccc1NC1CCCC1. The van der Waals surface area contributed by atoms with Crippen molar-refractivity contribution in [3.63, 3.8) is 0 Å². The van der Waals surface area contributed by atoms with Gasteiger partial charge in [0.05, 0.1) is 24.5 Å². The third-order valence-electron chi connectivity index (χ3n) is 8.37. The minimum atomic E-state index is -4.59. The molecule has 2 N–H and O–H groups in total. The Balaban J connectivity index is 1.51. The van der Waals surface area contributed by atoms with Gasteiger partial charge < -0.3 is 15.5 Å². The maximum absolute atomic E-state index is 14.9. The molecule has 0 unspecified atom stereocenters. The van der Waals surface area contributed by atoms with E-state index in [1.165, 1.54) is 36.1 Å². The number of nitrogens with one attached hydrogen (secondary N) is 2. The van der Waals surface area contributed by atoms with E-state index in [0.717, 1.165) is 31.7 Å². The molecule has 1 saturated carbocycles. The Morgan fingerprint density at radius 2 is 1.67 bits per heavy atom. The van der Waals surface area contributed by atoms with Crippen molar-refractivity contribution in [3.8, 4) is 0 Å². The van der Waals surface area contributed by atoms with E-state index in [1.54, 1.807) is 31.2 Å². The topological polar surface area (TPSA) is 61.4 Å². The summed E-state index contributed by atoms with van der Waals surface area (Å²) in [6.45, 7) is 3.24. The van der Waals surface area contributed by atoms with Gasteiger partial charge in [-0.15, -0.1) is 0 Å². The van der Waals surface area contributed by atoms with Gasteiger partial charge in [0, 0.05) is 24.0 Å². The van der Waals surface area contributed by atoms with Crippen molar-refractivity contribution >= 4 is 23.2 Å². The number of rotatable bonds is 6. The summed E-state index contributed by atoms with van der Waals surface area (Å²) in [7, 11) is 0. The summed E-state index contributed by atoms with van der Waals surface area (Å²) in [6, 6.07) is 12.8. The van der Waals surface area contributed by atoms with Crippen LogP contribution in [0.25, 0.3) is 0 Å². The van der Waals surface area contributed by atoms with Crippen LogP contribution in [0.1, 0.15) is 78.5 Å². The monoisotopic (exact) mass is 582 g/mol. The molecular weight excluding hydrogens is 546 g/mol. The molecule has 9 heteroatoms. The minimum Gasteiger partial charge on any atom is -0.382 e. The van der Waals surface area contributed by atoms with Crippen LogP contribution in [0.3, 0.4) is 0 Å². The fraction of sp³-hybridized carbons (Fsp3) is 0.394. The Morgan fingerprint density at radius 3 is 2.36 bits per heavy atom. The molecule has 0 aromatic heterocycles. The van der Waals surface area contributed by atoms with Crippen molar-refractivity contribution in [2.75, 3.05) is 17.2 Å². The number of aryl methyl sites for hydroxylation is 2. The first-order chi connectivity index (χ1) is 20.4. The summed E-state index contributed by atoms with van der Waals surface area (Å²) in [5.41, 5.74) is 0.722. The van der Waals surface area contributed by atoms with E-state index < -0.39 is 41.3 Å². The number of carbonyl (C=O) groups excluding carboxylic acids is 2. The number of halogens is 4. The maximum atomic E-state index is 14.9. The van der Waals surface area contributed by atoms with E-state index in [1.807, 2.05) is 0 Å². The largest absolute Gasteiger partial charge is 0.416 e. The first-order valence-electron chi connectivity index (χ1n) is 14.9. The summed E-state index contributed by atoms with van der Waals surface area (Å²) in [6.07, 6.45) is 0.489. The molecule has 1 aliphatic heterocycles. The predicted octanol–water partition coefficient (Wildman–Crippen LogP) is 8.05. The smallest absolute Gasteiger partial charge is 0.382 e. The molecule has 3 aromatic rings. The van der Waals surface area contributed by atoms with Crippen LogP contribution >= 0.6 is 0 Å². The molecule has 3 aromatic carbocycles. The maximum Gasteiger partial charge on any atom is 0.416 e. The van der Waals surface area contributed by atoms with Crippen LogP contribution in [-0.2, 0) is 11.0 Å². The highest BCUT2D eigenvalue weighted by Crippen LogP contribution is 2.40. The lowest BCUT2D eigenvalue weighted by atomic mass is 9.83. The lowest BCUT2D eigenvalue weighted by Gasteiger charge is -2.41. The lowest BCUT2D eigenvalue weighted by molar-refractivity contribution is -0.138. The van der Waals surface area contributed by atoms with Crippen LogP contribution in [0.5, 0.6) is 0 Å². The number of piperidine rings is 1. The zero-order valence-electron chi connectivity index (χ0n) is 24.7. The van der Waals surface area contributed by atoms with Crippen LogP contribution in [0.2, 0.25) is 0 Å². The third kappa shape index (κ3) is 6.30. The zero-order chi connectivity index (χ0) is 30.9. The van der Waals surface area contributed by atoms with Gasteiger partial charge in [0.1, 0.15) is 5.82 Å². The number of alkyl halides is 3. The molecule has 5 nitrogen and oxygen atoms in total. The Labute approximate surface area is 244 Å². The molecule has 42 heavy (non-hydrogen) atoms. The van der Waals surface area contributed by atoms with Gasteiger partial charge in [-0.3, -0.25) is 9.59 Å². The van der Waals surface area contributed by atoms with Crippen LogP contribution in [0.4, 0.5) is 28.9 Å². The second-order valence-corrected chi connectivity index (χ2v) is 11.3. The van der Waals surface area contributed by atoms with Crippen molar-refractivity contribution in [3.05, 3.63) is 94.3 Å². The van der Waals surface area contributed by atoms with E-state index >= 15 is 0 Å². The molecule has 1 heterocycles. The number of carbonyl (C=O) groups is 2. The summed E-state index contributed by atoms with van der Waals surface area (Å²) >= 11 is 0. The molecular formula is C33H35F4N3O2. The Hall–Kier alpha value is -3.88. The normalized spacial score (nSPS) is 19.9. The van der Waals surface area contributed by atoms with Crippen LogP contribution < -0.4 is 10.6 Å². The van der Waals surface area contributed by atoms with Gasteiger partial charge in [-0.05, 0) is 86.5 Å². The van der Waals surface area contributed by atoms with Gasteiger partial charge in [0.15, 0.2) is 0 Å². The highest BCUT2D eigenvalue weighted by Gasteiger charge is 2.41. The number of likely N-dealkylation sites (tertiary alicyclic amines) is 1. The van der Waals surface area contributed by atoms with Crippen molar-refractivity contribution in [2.45, 2.75) is 70.6 Å². The quantitative estimate of drug-likeness (QED) is 0.289. The Bertz CT molecular complexity index is 1500. The number of hydrogen-bond acceptors (Lipinski definition) is 3. The van der Waals surface area contributed by atoms with E-state index in [2.05, 4.69) is 10.6 Å². The molecule has 0 bridgehead atoms. The molecule has 2 amide bonds. The highest BCUT2D eigenvalue weighted by atomic mass is 19.4. The van der Waals surface area contributed by atoms with Gasteiger partial charge in [0.2, 0.25) is 5.91 Å². The average molecular weight is 583 g/mol. The third-order valence-corrected chi connectivity index (χ3v) is 8.37. The molecule has 0 spiro atoms. The van der Waals surface area contributed by atoms with E-state index in [-0.39, 0.29) is 35.4 Å². The van der Waals surface area contributed by atoms with Gasteiger partial charge in [-0.2, -0.15) is 13.2 Å². The molecule has 1 aliphatic carbocycles. The minimum absolute atomic E-state index is 0.00707. The van der Waals surface area contributed by atoms with Crippen LogP contribution in [0, 0.1) is 25.6 Å². The average Bonchev–Trinajstić information content (AvgIpc) is 3.47. The fourth-order valence-electron chi connectivity index (χ4n) is 6.20. The zero-order valence-corrected chi connectivity index (χ0v) is 23.7. The second-order valence-electron chi connectivity index (χ2n) is 11.3. The molecule has 2 aliphatic rings. The van der Waals surface area contributed by atoms with Gasteiger partial charge in [0.25, 0.3) is 5.91 Å². The second kappa shape index (κ2) is 12.2. The van der Waals surface area contributed by atoms with Crippen molar-refractivity contribution in [1.29, 1.82) is 0 Å². The molecule has 1 saturated heterocycles. The molecule has 5 rings (SSSR count). The Morgan fingerprint density at radius 1 is 0.929 bits per heavy atom. The first-order valence-corrected chi connectivity index (χ1v) is 14.4. The fourth-order valence-corrected chi connectivity index (χ4v) is 6.20. The summed E-state index contributed by atoms with van der Waals surface area (Å²) in [4.78, 5) is 29.1. The molecule has 2 atom stereocenters. The number of hydrogen-bond donors (Lipinski definition) is 2. The summed E-state index contributed by atoms with van der Waals surface area (Å²) < 4.78 is 64.3. The molecule has 2 fully saturated rings. The molecule has 222 valence electrons. The molecule has 0 radical (unpaired) electrons. The summed E-state index contributed by atoms with van der Waals surface area (Å²) in [5, 5.41) is 6.05. The van der Waals surface area contributed by atoms with Gasteiger partial charge in [-0.25, -0.2) is 4.39 Å². The van der Waals surface area contributed by atoms with Crippen LogP contribution in [-0.4, -0.2) is 29.3 Å².